The molecule has 0 radical (unpaired) electrons. The lowest BCUT2D eigenvalue weighted by atomic mass is 10.1. The molecule has 0 bridgehead atoms. The van der Waals surface area contributed by atoms with Gasteiger partial charge in [0.05, 0.1) is 12.6 Å². The van der Waals surface area contributed by atoms with Crippen LogP contribution in [-0.4, -0.2) is 59.9 Å². The minimum atomic E-state index is 0.369. The van der Waals surface area contributed by atoms with E-state index in [0.717, 1.165) is 50.6 Å². The van der Waals surface area contributed by atoms with Crippen molar-refractivity contribution in [2.75, 3.05) is 32.8 Å². The fourth-order valence-corrected chi connectivity index (χ4v) is 3.35. The highest BCUT2D eigenvalue weighted by Gasteiger charge is 2.21. The third kappa shape index (κ3) is 5.69. The number of aromatic nitrogens is 2. The van der Waals surface area contributed by atoms with Gasteiger partial charge in [-0.3, -0.25) is 4.99 Å². The number of hydrogen-bond donors (Lipinski definition) is 1. The number of rotatable bonds is 7. The second-order valence-corrected chi connectivity index (χ2v) is 7.08. The summed E-state index contributed by atoms with van der Waals surface area (Å²) in [5, 5.41) is 8.11. The van der Waals surface area contributed by atoms with Crippen LogP contribution < -0.4 is 5.32 Å². The van der Waals surface area contributed by atoms with E-state index >= 15 is 0 Å². The Kier molecular flexibility index (Phi) is 7.68. The summed E-state index contributed by atoms with van der Waals surface area (Å²) in [6, 6.07) is 7.39. The van der Waals surface area contributed by atoms with E-state index in [1.807, 2.05) is 31.2 Å². The molecule has 1 aromatic carbocycles. The van der Waals surface area contributed by atoms with Crippen LogP contribution in [0.3, 0.4) is 0 Å². The van der Waals surface area contributed by atoms with Gasteiger partial charge in [-0.05, 0) is 51.0 Å². The second kappa shape index (κ2) is 10.4. The molecule has 1 N–H and O–H groups in total. The summed E-state index contributed by atoms with van der Waals surface area (Å²) in [6.45, 7) is 8.25. The summed E-state index contributed by atoms with van der Waals surface area (Å²) >= 11 is 5.92. The Hall–Kier alpha value is -2.12. The topological polar surface area (TPSA) is 75.8 Å². The van der Waals surface area contributed by atoms with Crippen molar-refractivity contribution in [3.63, 3.8) is 0 Å². The lowest BCUT2D eigenvalue weighted by Crippen LogP contribution is -2.47. The summed E-state index contributed by atoms with van der Waals surface area (Å²) in [4.78, 5) is 11.5. The molecule has 2 heterocycles. The maximum Gasteiger partial charge on any atom is 0.228 e. The molecule has 0 aliphatic carbocycles. The molecule has 28 heavy (non-hydrogen) atoms. The van der Waals surface area contributed by atoms with Crippen LogP contribution in [0.5, 0.6) is 0 Å². The molecule has 1 saturated heterocycles. The molecule has 2 aromatic rings. The van der Waals surface area contributed by atoms with Gasteiger partial charge in [0.2, 0.25) is 11.7 Å². The number of aliphatic imine (C=N–C) groups is 1. The fourth-order valence-electron chi connectivity index (χ4n) is 3.23. The number of piperidine rings is 1. The van der Waals surface area contributed by atoms with Gasteiger partial charge >= 0.3 is 0 Å². The van der Waals surface area contributed by atoms with Crippen molar-refractivity contribution >= 4 is 17.6 Å². The summed E-state index contributed by atoms with van der Waals surface area (Å²) in [5.74, 6) is 2.09. The average molecular weight is 406 g/mol. The standard InChI is InChI=1S/C20H28ClN5O2/c1-3-22-20(26-13-10-17(11-14-26)27-4-2)23-12-9-18-24-19(25-28-18)15-5-7-16(21)8-6-15/h5-8,17H,3-4,9-14H2,1-2H3,(H,22,23). The van der Waals surface area contributed by atoms with Gasteiger partial charge < -0.3 is 19.5 Å². The molecule has 0 unspecified atom stereocenters. The van der Waals surface area contributed by atoms with Gasteiger partial charge in [-0.25, -0.2) is 0 Å². The van der Waals surface area contributed by atoms with Crippen molar-refractivity contribution in [2.24, 2.45) is 4.99 Å². The zero-order valence-electron chi connectivity index (χ0n) is 16.5. The molecule has 0 spiro atoms. The number of nitrogens with zero attached hydrogens (tertiary/aromatic N) is 4. The average Bonchev–Trinajstić information content (AvgIpc) is 3.18. The Labute approximate surface area is 171 Å². The summed E-state index contributed by atoms with van der Waals surface area (Å²) < 4.78 is 11.1. The quantitative estimate of drug-likeness (QED) is 0.562. The SMILES string of the molecule is CCNC(=NCCc1nc(-c2ccc(Cl)cc2)no1)N1CCC(OCC)CC1. The first-order chi connectivity index (χ1) is 13.7. The Morgan fingerprint density at radius 3 is 2.71 bits per heavy atom. The normalized spacial score (nSPS) is 15.8. The van der Waals surface area contributed by atoms with Gasteiger partial charge in [-0.15, -0.1) is 0 Å². The van der Waals surface area contributed by atoms with E-state index in [1.165, 1.54) is 0 Å². The maximum absolute atomic E-state index is 5.92. The van der Waals surface area contributed by atoms with Gasteiger partial charge in [-0.2, -0.15) is 4.98 Å². The molecule has 7 nitrogen and oxygen atoms in total. The van der Waals surface area contributed by atoms with Crippen LogP contribution in [0.25, 0.3) is 11.4 Å². The van der Waals surface area contributed by atoms with Gasteiger partial charge in [0.15, 0.2) is 5.96 Å². The van der Waals surface area contributed by atoms with Gasteiger partial charge in [0, 0.05) is 43.2 Å². The minimum Gasteiger partial charge on any atom is -0.378 e. The van der Waals surface area contributed by atoms with Crippen molar-refractivity contribution in [3.8, 4) is 11.4 Å². The van der Waals surface area contributed by atoms with Crippen LogP contribution in [-0.2, 0) is 11.2 Å². The largest absolute Gasteiger partial charge is 0.378 e. The molecule has 1 aromatic heterocycles. The van der Waals surface area contributed by atoms with Gasteiger partial charge in [0.25, 0.3) is 0 Å². The Bertz CT molecular complexity index is 754. The Balaban J connectivity index is 1.55. The number of hydrogen-bond acceptors (Lipinski definition) is 5. The smallest absolute Gasteiger partial charge is 0.228 e. The van der Waals surface area contributed by atoms with Crippen LogP contribution >= 0.6 is 11.6 Å². The number of ether oxygens (including phenoxy) is 1. The Morgan fingerprint density at radius 2 is 2.04 bits per heavy atom. The minimum absolute atomic E-state index is 0.369. The number of likely N-dealkylation sites (tertiary alicyclic amines) is 1. The molecule has 0 amide bonds. The van der Waals surface area contributed by atoms with Crippen molar-refractivity contribution in [3.05, 3.63) is 35.2 Å². The Morgan fingerprint density at radius 1 is 1.29 bits per heavy atom. The zero-order valence-corrected chi connectivity index (χ0v) is 17.3. The molecular weight excluding hydrogens is 378 g/mol. The monoisotopic (exact) mass is 405 g/mol. The molecule has 8 heteroatoms. The van der Waals surface area contributed by atoms with Crippen LogP contribution in [0.1, 0.15) is 32.6 Å². The number of benzene rings is 1. The number of nitrogens with one attached hydrogen (secondary N) is 1. The van der Waals surface area contributed by atoms with Crippen LogP contribution in [0, 0.1) is 0 Å². The van der Waals surface area contributed by atoms with Crippen LogP contribution in [0.4, 0.5) is 0 Å². The highest BCUT2D eigenvalue weighted by molar-refractivity contribution is 6.30. The highest BCUT2D eigenvalue weighted by atomic mass is 35.5. The molecule has 1 aliphatic rings. The van der Waals surface area contributed by atoms with E-state index in [2.05, 4.69) is 27.3 Å². The summed E-state index contributed by atoms with van der Waals surface area (Å²) in [7, 11) is 0. The van der Waals surface area contributed by atoms with E-state index in [9.17, 15) is 0 Å². The lowest BCUT2D eigenvalue weighted by Gasteiger charge is -2.34. The predicted molar refractivity (Wildman–Crippen MR) is 111 cm³/mol. The molecule has 0 atom stereocenters. The van der Waals surface area contributed by atoms with E-state index in [1.54, 1.807) is 0 Å². The van der Waals surface area contributed by atoms with Crippen molar-refractivity contribution < 1.29 is 9.26 Å². The predicted octanol–water partition coefficient (Wildman–Crippen LogP) is 3.40. The molecule has 0 saturated carbocycles. The third-order valence-corrected chi connectivity index (χ3v) is 4.89. The molecule has 1 fully saturated rings. The fraction of sp³-hybridized carbons (Fsp3) is 0.550. The van der Waals surface area contributed by atoms with Crippen LogP contribution in [0.15, 0.2) is 33.8 Å². The number of halogens is 1. The first-order valence-electron chi connectivity index (χ1n) is 9.93. The molecule has 3 rings (SSSR count). The van der Waals surface area contributed by atoms with Gasteiger partial charge in [-0.1, -0.05) is 16.8 Å². The van der Waals surface area contributed by atoms with E-state index in [0.29, 0.717) is 35.8 Å². The highest BCUT2D eigenvalue weighted by Crippen LogP contribution is 2.19. The first kappa shape index (κ1) is 20.6. The molecule has 152 valence electrons. The zero-order chi connectivity index (χ0) is 19.8. The first-order valence-corrected chi connectivity index (χ1v) is 10.3. The number of guanidine groups is 1. The third-order valence-electron chi connectivity index (χ3n) is 4.64. The van der Waals surface area contributed by atoms with Crippen molar-refractivity contribution in [2.45, 2.75) is 39.2 Å². The van der Waals surface area contributed by atoms with Gasteiger partial charge in [0.1, 0.15) is 0 Å². The lowest BCUT2D eigenvalue weighted by molar-refractivity contribution is 0.0264. The van der Waals surface area contributed by atoms with Crippen LogP contribution in [0.2, 0.25) is 5.02 Å². The summed E-state index contributed by atoms with van der Waals surface area (Å²) in [5.41, 5.74) is 0.883. The van der Waals surface area contributed by atoms with E-state index in [-0.39, 0.29) is 0 Å². The maximum atomic E-state index is 5.92. The second-order valence-electron chi connectivity index (χ2n) is 6.65. The van der Waals surface area contributed by atoms with E-state index < -0.39 is 0 Å². The molecular formula is C20H28ClN5O2. The van der Waals surface area contributed by atoms with E-state index in [4.69, 9.17) is 25.9 Å². The molecule has 1 aliphatic heterocycles. The van der Waals surface area contributed by atoms with Crippen molar-refractivity contribution in [1.82, 2.24) is 20.4 Å². The summed E-state index contributed by atoms with van der Waals surface area (Å²) in [6.07, 6.45) is 3.04. The van der Waals surface area contributed by atoms with Crippen molar-refractivity contribution in [1.29, 1.82) is 0 Å².